The number of benzene rings is 2. The summed E-state index contributed by atoms with van der Waals surface area (Å²) in [6, 6.07) is 13.5. The molecule has 204 valence electrons. The number of methoxy groups -OCH3 is 1. The molecule has 1 fully saturated rings. The van der Waals surface area contributed by atoms with Crippen molar-refractivity contribution in [2.75, 3.05) is 44.5 Å². The number of ether oxygens (including phenoxy) is 2. The van der Waals surface area contributed by atoms with Crippen LogP contribution in [0.15, 0.2) is 48.5 Å². The van der Waals surface area contributed by atoms with Gasteiger partial charge < -0.3 is 29.9 Å². The average molecular weight is 523 g/mol. The summed E-state index contributed by atoms with van der Waals surface area (Å²) in [6.45, 7) is 5.12. The number of nitrogens with one attached hydrogen (secondary N) is 2. The van der Waals surface area contributed by atoms with E-state index in [2.05, 4.69) is 17.6 Å². The van der Waals surface area contributed by atoms with Crippen molar-refractivity contribution in [3.05, 3.63) is 54.1 Å². The number of rotatable bonds is 5. The number of para-hydroxylation sites is 1. The van der Waals surface area contributed by atoms with E-state index >= 15 is 0 Å². The molecule has 4 amide bonds. The number of anilines is 2. The zero-order valence-corrected chi connectivity index (χ0v) is 22.6. The van der Waals surface area contributed by atoms with E-state index in [-0.39, 0.29) is 36.5 Å². The smallest absolute Gasteiger partial charge is 0.323 e. The highest BCUT2D eigenvalue weighted by molar-refractivity contribution is 6.01. The molecule has 9 nitrogen and oxygen atoms in total. The van der Waals surface area contributed by atoms with Crippen LogP contribution in [-0.2, 0) is 9.53 Å². The molecule has 1 saturated carbocycles. The first-order valence-corrected chi connectivity index (χ1v) is 13.2. The summed E-state index contributed by atoms with van der Waals surface area (Å²) in [7, 11) is 3.37. The molecular weight excluding hydrogens is 484 g/mol. The molecule has 1 heterocycles. The fraction of sp³-hybridized carbons (Fsp3) is 0.483. The van der Waals surface area contributed by atoms with Crippen molar-refractivity contribution < 1.29 is 23.9 Å². The first-order chi connectivity index (χ1) is 18.2. The summed E-state index contributed by atoms with van der Waals surface area (Å²) in [6.07, 6.45) is 2.52. The third kappa shape index (κ3) is 7.04. The van der Waals surface area contributed by atoms with Gasteiger partial charge in [0.05, 0.1) is 17.7 Å². The minimum Gasteiger partial charge on any atom is -0.491 e. The predicted molar refractivity (Wildman–Crippen MR) is 146 cm³/mol. The fourth-order valence-electron chi connectivity index (χ4n) is 4.70. The molecule has 1 aliphatic carbocycles. The number of carbonyl (C=O) groups is 3. The van der Waals surface area contributed by atoms with Crippen LogP contribution >= 0.6 is 0 Å². The number of hydrogen-bond acceptors (Lipinski definition) is 5. The summed E-state index contributed by atoms with van der Waals surface area (Å²) in [4.78, 5) is 42.7. The number of fused-ring (bicyclic) bond motifs is 1. The maximum atomic E-state index is 13.4. The third-order valence-corrected chi connectivity index (χ3v) is 7.22. The van der Waals surface area contributed by atoms with Gasteiger partial charge in [-0.25, -0.2) is 4.79 Å². The van der Waals surface area contributed by atoms with Gasteiger partial charge in [-0.05, 0) is 49.9 Å². The molecule has 3 atom stereocenters. The minimum atomic E-state index is -0.408. The Morgan fingerprint density at radius 3 is 2.42 bits per heavy atom. The SMILES string of the molecule is CO[C@@H]1CN(C)C(=O)c2ccc(NC(=O)Nc3ccccc3)cc2OC[C@@H](C)N(C(=O)CC2CC2)C[C@@H]1C. The van der Waals surface area contributed by atoms with Gasteiger partial charge in [0, 0.05) is 57.0 Å². The number of hydrogen-bond donors (Lipinski definition) is 2. The van der Waals surface area contributed by atoms with Crippen molar-refractivity contribution in [2.45, 2.75) is 45.3 Å². The average Bonchev–Trinajstić information content (AvgIpc) is 3.72. The van der Waals surface area contributed by atoms with Crippen LogP contribution in [0.2, 0.25) is 0 Å². The molecule has 1 aliphatic heterocycles. The summed E-state index contributed by atoms with van der Waals surface area (Å²) in [5, 5.41) is 5.58. The molecule has 38 heavy (non-hydrogen) atoms. The molecule has 2 aliphatic rings. The van der Waals surface area contributed by atoms with Crippen LogP contribution in [0.4, 0.5) is 16.2 Å². The van der Waals surface area contributed by atoms with Crippen molar-refractivity contribution >= 4 is 29.2 Å². The Bertz CT molecular complexity index is 1140. The first-order valence-electron chi connectivity index (χ1n) is 13.2. The molecule has 4 rings (SSSR count). The largest absolute Gasteiger partial charge is 0.491 e. The molecule has 0 radical (unpaired) electrons. The minimum absolute atomic E-state index is 0.0226. The number of likely N-dealkylation sites (N-methyl/N-ethyl adjacent to an activating group) is 1. The topological polar surface area (TPSA) is 100 Å². The number of urea groups is 1. The van der Waals surface area contributed by atoms with Gasteiger partial charge in [-0.2, -0.15) is 0 Å². The van der Waals surface area contributed by atoms with E-state index in [9.17, 15) is 14.4 Å². The lowest BCUT2D eigenvalue weighted by Crippen LogP contribution is -2.48. The highest BCUT2D eigenvalue weighted by Crippen LogP contribution is 2.33. The van der Waals surface area contributed by atoms with Gasteiger partial charge in [-0.3, -0.25) is 9.59 Å². The van der Waals surface area contributed by atoms with Crippen LogP contribution in [0.25, 0.3) is 0 Å². The lowest BCUT2D eigenvalue weighted by atomic mass is 10.0. The molecule has 0 bridgehead atoms. The molecule has 9 heteroatoms. The molecule has 2 aromatic carbocycles. The zero-order valence-electron chi connectivity index (χ0n) is 22.6. The lowest BCUT2D eigenvalue weighted by Gasteiger charge is -2.36. The Kier molecular flexibility index (Phi) is 8.89. The lowest BCUT2D eigenvalue weighted by molar-refractivity contribution is -0.135. The maximum absolute atomic E-state index is 13.4. The van der Waals surface area contributed by atoms with Crippen LogP contribution in [0.3, 0.4) is 0 Å². The van der Waals surface area contributed by atoms with Gasteiger partial charge in [0.15, 0.2) is 0 Å². The summed E-state index contributed by atoms with van der Waals surface area (Å²) >= 11 is 0. The third-order valence-electron chi connectivity index (χ3n) is 7.22. The predicted octanol–water partition coefficient (Wildman–Crippen LogP) is 4.46. The monoisotopic (exact) mass is 522 g/mol. The molecule has 2 N–H and O–H groups in total. The van der Waals surface area contributed by atoms with E-state index in [0.717, 1.165) is 12.8 Å². The van der Waals surface area contributed by atoms with Crippen molar-refractivity contribution in [2.24, 2.45) is 11.8 Å². The van der Waals surface area contributed by atoms with E-state index < -0.39 is 6.03 Å². The van der Waals surface area contributed by atoms with E-state index in [1.54, 1.807) is 49.4 Å². The van der Waals surface area contributed by atoms with Crippen molar-refractivity contribution in [1.29, 1.82) is 0 Å². The van der Waals surface area contributed by atoms with E-state index in [4.69, 9.17) is 9.47 Å². The molecule has 0 aromatic heterocycles. The standard InChI is InChI=1S/C29H38N4O5/c1-19-16-33(27(34)14-21-10-11-21)20(2)18-38-25-15-23(31-29(36)30-22-8-6-5-7-9-22)12-13-24(25)28(35)32(3)17-26(19)37-4/h5-9,12-13,15,19-21,26H,10-11,14,16-18H2,1-4H3,(H2,30,31,36)/t19-,20+,26+/m0/s1. The first kappa shape index (κ1) is 27.4. The van der Waals surface area contributed by atoms with Crippen LogP contribution in [0, 0.1) is 11.8 Å². The zero-order chi connectivity index (χ0) is 27.2. The van der Waals surface area contributed by atoms with Crippen LogP contribution in [0.1, 0.15) is 43.5 Å². The van der Waals surface area contributed by atoms with Gasteiger partial charge in [0.1, 0.15) is 12.4 Å². The van der Waals surface area contributed by atoms with Crippen molar-refractivity contribution in [1.82, 2.24) is 9.80 Å². The van der Waals surface area contributed by atoms with Gasteiger partial charge in [0.2, 0.25) is 5.91 Å². The fourth-order valence-corrected chi connectivity index (χ4v) is 4.70. The second kappa shape index (κ2) is 12.3. The van der Waals surface area contributed by atoms with E-state index in [1.165, 1.54) is 0 Å². The summed E-state index contributed by atoms with van der Waals surface area (Å²) in [5.74, 6) is 0.771. The van der Waals surface area contributed by atoms with Gasteiger partial charge in [-0.15, -0.1) is 0 Å². The molecule has 2 aromatic rings. The normalized spacial score (nSPS) is 22.4. The second-order valence-electron chi connectivity index (χ2n) is 10.4. The molecule has 0 spiro atoms. The Morgan fingerprint density at radius 2 is 1.74 bits per heavy atom. The molecule has 0 unspecified atom stereocenters. The van der Waals surface area contributed by atoms with Crippen LogP contribution < -0.4 is 15.4 Å². The van der Waals surface area contributed by atoms with Gasteiger partial charge in [-0.1, -0.05) is 25.1 Å². The quantitative estimate of drug-likeness (QED) is 0.604. The maximum Gasteiger partial charge on any atom is 0.323 e. The van der Waals surface area contributed by atoms with Crippen molar-refractivity contribution in [3.8, 4) is 5.75 Å². The van der Waals surface area contributed by atoms with Crippen LogP contribution in [0.5, 0.6) is 5.75 Å². The van der Waals surface area contributed by atoms with Crippen LogP contribution in [-0.4, -0.2) is 73.6 Å². The highest BCUT2D eigenvalue weighted by atomic mass is 16.5. The number of amides is 4. The Morgan fingerprint density at radius 1 is 1.03 bits per heavy atom. The molecule has 0 saturated heterocycles. The number of carbonyl (C=O) groups excluding carboxylic acids is 3. The van der Waals surface area contributed by atoms with Gasteiger partial charge >= 0.3 is 6.03 Å². The highest BCUT2D eigenvalue weighted by Gasteiger charge is 2.33. The Balaban J connectivity index is 1.58. The molecular formula is C29H38N4O5. The van der Waals surface area contributed by atoms with E-state index in [1.807, 2.05) is 30.0 Å². The van der Waals surface area contributed by atoms with E-state index in [0.29, 0.717) is 48.1 Å². The summed E-state index contributed by atoms with van der Waals surface area (Å²) < 4.78 is 11.9. The van der Waals surface area contributed by atoms with Crippen molar-refractivity contribution in [3.63, 3.8) is 0 Å². The Hall–Kier alpha value is -3.59. The Labute approximate surface area is 224 Å². The number of nitrogens with zero attached hydrogens (tertiary/aromatic N) is 2. The second-order valence-corrected chi connectivity index (χ2v) is 10.4. The summed E-state index contributed by atoms with van der Waals surface area (Å²) in [5.41, 5.74) is 1.53. The van der Waals surface area contributed by atoms with Gasteiger partial charge in [0.25, 0.3) is 5.91 Å².